The van der Waals surface area contributed by atoms with Gasteiger partial charge in [-0.2, -0.15) is 0 Å². The third-order valence-corrected chi connectivity index (χ3v) is 3.61. The molecule has 3 nitrogen and oxygen atoms in total. The number of nitrogens with zero attached hydrogens (tertiary/aromatic N) is 2. The third kappa shape index (κ3) is 2.42. The van der Waals surface area contributed by atoms with Crippen LogP contribution in [-0.2, 0) is 0 Å². The summed E-state index contributed by atoms with van der Waals surface area (Å²) in [5.74, 6) is 0.644. The standard InChI is InChI=1S/C13H11Cl2N3/c14-10-3-1-2-9(12(10)15)11-6-7-16-13(18-11)17-8-4-5-8/h1-3,6-8H,4-5H2,(H,16,17,18). The molecule has 1 heterocycles. The molecule has 1 aliphatic carbocycles. The Balaban J connectivity index is 1.97. The smallest absolute Gasteiger partial charge is 0.223 e. The van der Waals surface area contributed by atoms with Gasteiger partial charge >= 0.3 is 0 Å². The van der Waals surface area contributed by atoms with Gasteiger partial charge in [0, 0.05) is 17.8 Å². The van der Waals surface area contributed by atoms with E-state index in [4.69, 9.17) is 23.2 Å². The lowest BCUT2D eigenvalue weighted by atomic mass is 10.1. The first kappa shape index (κ1) is 11.8. The predicted octanol–water partition coefficient (Wildman–Crippen LogP) is 4.02. The van der Waals surface area contributed by atoms with Crippen LogP contribution in [0.5, 0.6) is 0 Å². The quantitative estimate of drug-likeness (QED) is 0.922. The molecule has 1 saturated carbocycles. The molecule has 1 fully saturated rings. The average Bonchev–Trinajstić information content (AvgIpc) is 3.17. The van der Waals surface area contributed by atoms with Crippen LogP contribution in [0.4, 0.5) is 5.95 Å². The Bertz CT molecular complexity index is 582. The van der Waals surface area contributed by atoms with Crippen molar-refractivity contribution in [2.75, 3.05) is 5.32 Å². The van der Waals surface area contributed by atoms with E-state index in [-0.39, 0.29) is 0 Å². The maximum absolute atomic E-state index is 6.19. The lowest BCUT2D eigenvalue weighted by molar-refractivity contribution is 1.06. The lowest BCUT2D eigenvalue weighted by Crippen LogP contribution is -2.05. The van der Waals surface area contributed by atoms with E-state index in [1.165, 1.54) is 12.8 Å². The maximum Gasteiger partial charge on any atom is 0.223 e. The fourth-order valence-corrected chi connectivity index (χ4v) is 2.09. The van der Waals surface area contributed by atoms with Crippen molar-refractivity contribution in [2.45, 2.75) is 18.9 Å². The Morgan fingerprint density at radius 1 is 1.17 bits per heavy atom. The fraction of sp³-hybridized carbons (Fsp3) is 0.231. The Hall–Kier alpha value is -1.32. The van der Waals surface area contributed by atoms with Gasteiger partial charge in [-0.15, -0.1) is 0 Å². The zero-order valence-electron chi connectivity index (χ0n) is 9.53. The lowest BCUT2D eigenvalue weighted by Gasteiger charge is -2.07. The predicted molar refractivity (Wildman–Crippen MR) is 74.1 cm³/mol. The minimum absolute atomic E-state index is 0.523. The van der Waals surface area contributed by atoms with Gasteiger partial charge in [-0.25, -0.2) is 9.97 Å². The van der Waals surface area contributed by atoms with E-state index in [9.17, 15) is 0 Å². The number of hydrogen-bond acceptors (Lipinski definition) is 3. The first-order chi connectivity index (χ1) is 8.74. The molecule has 3 rings (SSSR count). The normalized spacial score (nSPS) is 14.6. The molecule has 92 valence electrons. The van der Waals surface area contributed by atoms with Crippen LogP contribution in [0.1, 0.15) is 12.8 Å². The number of anilines is 1. The van der Waals surface area contributed by atoms with Crippen molar-refractivity contribution in [1.82, 2.24) is 9.97 Å². The second kappa shape index (κ2) is 4.75. The highest BCUT2D eigenvalue weighted by molar-refractivity contribution is 6.43. The Morgan fingerprint density at radius 3 is 2.78 bits per heavy atom. The van der Waals surface area contributed by atoms with Gasteiger partial charge in [-0.1, -0.05) is 35.3 Å². The topological polar surface area (TPSA) is 37.8 Å². The van der Waals surface area contributed by atoms with Crippen LogP contribution in [0.3, 0.4) is 0 Å². The van der Waals surface area contributed by atoms with E-state index in [1.54, 1.807) is 12.3 Å². The molecular formula is C13H11Cl2N3. The second-order valence-electron chi connectivity index (χ2n) is 4.29. The molecule has 2 aromatic rings. The maximum atomic E-state index is 6.19. The molecule has 0 radical (unpaired) electrons. The van der Waals surface area contributed by atoms with Gasteiger partial charge in [-0.3, -0.25) is 0 Å². The molecular weight excluding hydrogens is 269 g/mol. The fourth-order valence-electron chi connectivity index (χ4n) is 1.69. The molecule has 1 aromatic carbocycles. The Kier molecular flexibility index (Phi) is 3.10. The average molecular weight is 280 g/mol. The summed E-state index contributed by atoms with van der Waals surface area (Å²) in [6.07, 6.45) is 4.10. The molecule has 18 heavy (non-hydrogen) atoms. The van der Waals surface area contributed by atoms with E-state index < -0.39 is 0 Å². The molecule has 0 amide bonds. The summed E-state index contributed by atoms with van der Waals surface area (Å²) in [6, 6.07) is 7.88. The number of rotatable bonds is 3. The highest BCUT2D eigenvalue weighted by atomic mass is 35.5. The minimum Gasteiger partial charge on any atom is -0.351 e. The van der Waals surface area contributed by atoms with Gasteiger partial charge in [0.15, 0.2) is 0 Å². The van der Waals surface area contributed by atoms with Crippen LogP contribution >= 0.6 is 23.2 Å². The van der Waals surface area contributed by atoms with Crippen LogP contribution in [0, 0.1) is 0 Å². The third-order valence-electron chi connectivity index (χ3n) is 2.79. The summed E-state index contributed by atoms with van der Waals surface area (Å²) in [5, 5.41) is 4.32. The molecule has 0 spiro atoms. The van der Waals surface area contributed by atoms with E-state index in [0.29, 0.717) is 22.0 Å². The van der Waals surface area contributed by atoms with Crippen molar-refractivity contribution >= 4 is 29.2 Å². The summed E-state index contributed by atoms with van der Waals surface area (Å²) in [6.45, 7) is 0. The van der Waals surface area contributed by atoms with E-state index in [1.807, 2.05) is 18.2 Å². The molecule has 5 heteroatoms. The van der Waals surface area contributed by atoms with Gasteiger partial charge in [0.05, 0.1) is 15.7 Å². The van der Waals surface area contributed by atoms with Gasteiger partial charge in [0.25, 0.3) is 0 Å². The molecule has 1 aliphatic rings. The van der Waals surface area contributed by atoms with Crippen LogP contribution in [-0.4, -0.2) is 16.0 Å². The first-order valence-electron chi connectivity index (χ1n) is 5.78. The van der Waals surface area contributed by atoms with Crippen LogP contribution in [0.2, 0.25) is 10.0 Å². The number of halogens is 2. The van der Waals surface area contributed by atoms with Crippen molar-refractivity contribution in [3.8, 4) is 11.3 Å². The number of benzene rings is 1. The van der Waals surface area contributed by atoms with Crippen LogP contribution in [0.15, 0.2) is 30.5 Å². The summed E-state index contributed by atoms with van der Waals surface area (Å²) in [4.78, 5) is 8.66. The van der Waals surface area contributed by atoms with E-state index in [2.05, 4.69) is 15.3 Å². The molecule has 0 bridgehead atoms. The SMILES string of the molecule is Clc1cccc(-c2ccnc(NC3CC3)n2)c1Cl. The number of aromatic nitrogens is 2. The van der Waals surface area contributed by atoms with Crippen LogP contribution < -0.4 is 5.32 Å². The zero-order chi connectivity index (χ0) is 12.5. The zero-order valence-corrected chi connectivity index (χ0v) is 11.0. The summed E-state index contributed by atoms with van der Waals surface area (Å²) >= 11 is 12.2. The Morgan fingerprint density at radius 2 is 2.00 bits per heavy atom. The van der Waals surface area contributed by atoms with E-state index in [0.717, 1.165) is 11.3 Å². The van der Waals surface area contributed by atoms with Gasteiger partial charge in [0.2, 0.25) is 5.95 Å². The van der Waals surface area contributed by atoms with Crippen molar-refractivity contribution in [3.05, 3.63) is 40.5 Å². The first-order valence-corrected chi connectivity index (χ1v) is 6.53. The second-order valence-corrected chi connectivity index (χ2v) is 5.07. The molecule has 1 aromatic heterocycles. The summed E-state index contributed by atoms with van der Waals surface area (Å²) in [7, 11) is 0. The van der Waals surface area contributed by atoms with Crippen LogP contribution in [0.25, 0.3) is 11.3 Å². The highest BCUT2D eigenvalue weighted by Gasteiger charge is 2.22. The molecule has 1 N–H and O–H groups in total. The highest BCUT2D eigenvalue weighted by Crippen LogP contribution is 2.32. The monoisotopic (exact) mass is 279 g/mol. The van der Waals surface area contributed by atoms with Gasteiger partial charge in [-0.05, 0) is 25.0 Å². The van der Waals surface area contributed by atoms with Gasteiger partial charge < -0.3 is 5.32 Å². The van der Waals surface area contributed by atoms with Crippen molar-refractivity contribution in [2.24, 2.45) is 0 Å². The minimum atomic E-state index is 0.523. The van der Waals surface area contributed by atoms with Crippen molar-refractivity contribution < 1.29 is 0 Å². The summed E-state index contributed by atoms with van der Waals surface area (Å²) in [5.41, 5.74) is 1.60. The summed E-state index contributed by atoms with van der Waals surface area (Å²) < 4.78 is 0. The van der Waals surface area contributed by atoms with E-state index >= 15 is 0 Å². The van der Waals surface area contributed by atoms with Crippen molar-refractivity contribution in [1.29, 1.82) is 0 Å². The number of hydrogen-bond donors (Lipinski definition) is 1. The molecule has 0 saturated heterocycles. The number of nitrogens with one attached hydrogen (secondary N) is 1. The van der Waals surface area contributed by atoms with Crippen molar-refractivity contribution in [3.63, 3.8) is 0 Å². The molecule has 0 unspecified atom stereocenters. The Labute approximate surface area is 115 Å². The van der Waals surface area contributed by atoms with Gasteiger partial charge in [0.1, 0.15) is 0 Å². The molecule has 0 atom stereocenters. The molecule has 0 aliphatic heterocycles. The largest absolute Gasteiger partial charge is 0.351 e.